The number of hydrogen-bond acceptors (Lipinski definition) is 4. The average Bonchev–Trinajstić information content (AvgIpc) is 3.16. The molecule has 0 radical (unpaired) electrons. The van der Waals surface area contributed by atoms with E-state index in [-0.39, 0.29) is 11.8 Å². The van der Waals surface area contributed by atoms with Gasteiger partial charge in [0.1, 0.15) is 11.8 Å². The topological polar surface area (TPSA) is 97.4 Å². The van der Waals surface area contributed by atoms with Crippen LogP contribution in [-0.4, -0.2) is 32.7 Å². The van der Waals surface area contributed by atoms with Crippen molar-refractivity contribution < 1.29 is 19.2 Å². The molecule has 3 rings (SSSR count). The number of aryl methyl sites for hydroxylation is 2. The number of nitrogens with one attached hydrogen (secondary N) is 1. The lowest BCUT2D eigenvalue weighted by Gasteiger charge is -2.13. The predicted octanol–water partition coefficient (Wildman–Crippen LogP) is 1.98. The molecule has 0 saturated heterocycles. The van der Waals surface area contributed by atoms with E-state index in [2.05, 4.69) is 10.5 Å². The van der Waals surface area contributed by atoms with Gasteiger partial charge < -0.3 is 14.9 Å². The van der Waals surface area contributed by atoms with Gasteiger partial charge in [0.15, 0.2) is 5.82 Å². The fourth-order valence-electron chi connectivity index (χ4n) is 2.83. The van der Waals surface area contributed by atoms with E-state index < -0.39 is 12.0 Å². The number of nitrogens with zero attached hydrogens (tertiary/aromatic N) is 2. The lowest BCUT2D eigenvalue weighted by atomic mass is 10.1. The number of amides is 1. The Hall–Kier alpha value is -2.57. The maximum absolute atomic E-state index is 12.5. The summed E-state index contributed by atoms with van der Waals surface area (Å²) in [4.78, 5) is 23.8. The number of carboxylic acids is 1. The van der Waals surface area contributed by atoms with Gasteiger partial charge in [0.05, 0.1) is 5.56 Å². The van der Waals surface area contributed by atoms with E-state index in [9.17, 15) is 14.7 Å². The van der Waals surface area contributed by atoms with Crippen LogP contribution in [0.4, 0.5) is 0 Å². The Morgan fingerprint density at radius 3 is 2.57 bits per heavy atom. The monoisotopic (exact) mass is 317 g/mol. The Balaban J connectivity index is 1.88. The maximum Gasteiger partial charge on any atom is 0.326 e. The van der Waals surface area contributed by atoms with Gasteiger partial charge in [-0.05, 0) is 45.6 Å². The van der Waals surface area contributed by atoms with Crippen molar-refractivity contribution in [3.8, 4) is 5.82 Å². The van der Waals surface area contributed by atoms with Crippen molar-refractivity contribution in [3.05, 3.63) is 34.8 Å². The van der Waals surface area contributed by atoms with Crippen LogP contribution in [0.5, 0.6) is 0 Å². The van der Waals surface area contributed by atoms with Crippen LogP contribution in [-0.2, 0) is 4.79 Å². The molecule has 1 unspecified atom stereocenters. The molecule has 1 fully saturated rings. The summed E-state index contributed by atoms with van der Waals surface area (Å²) >= 11 is 0. The zero-order valence-corrected chi connectivity index (χ0v) is 13.3. The molecule has 2 N–H and O–H groups in total. The summed E-state index contributed by atoms with van der Waals surface area (Å²) in [6.07, 6.45) is 1.68. The molecule has 122 valence electrons. The lowest BCUT2D eigenvalue weighted by molar-refractivity contribution is -0.139. The van der Waals surface area contributed by atoms with Gasteiger partial charge in [-0.25, -0.2) is 4.79 Å². The smallest absolute Gasteiger partial charge is 0.326 e. The van der Waals surface area contributed by atoms with Crippen molar-refractivity contribution in [1.29, 1.82) is 0 Å². The highest BCUT2D eigenvalue weighted by atomic mass is 16.5. The molecule has 0 aromatic carbocycles. The van der Waals surface area contributed by atoms with Crippen LogP contribution >= 0.6 is 0 Å². The minimum absolute atomic E-state index is 0.0399. The van der Waals surface area contributed by atoms with E-state index in [4.69, 9.17) is 4.52 Å². The standard InChI is InChI=1S/C16H19N3O4/c1-8-6-12(10(3)19(8)13-7-9(2)23-18-13)15(20)17-14(16(21)22)11-4-5-11/h6-7,11,14H,4-5H2,1-3H3,(H,17,20)(H,21,22). The van der Waals surface area contributed by atoms with Gasteiger partial charge in [-0.3, -0.25) is 9.36 Å². The van der Waals surface area contributed by atoms with Gasteiger partial charge >= 0.3 is 5.97 Å². The quantitative estimate of drug-likeness (QED) is 0.879. The molecule has 2 aromatic heterocycles. The van der Waals surface area contributed by atoms with E-state index in [0.717, 1.165) is 18.5 Å². The summed E-state index contributed by atoms with van der Waals surface area (Å²) in [6, 6.07) is 2.70. The second-order valence-electron chi connectivity index (χ2n) is 6.04. The molecule has 1 aliphatic carbocycles. The highest BCUT2D eigenvalue weighted by Crippen LogP contribution is 2.33. The van der Waals surface area contributed by atoms with Crippen molar-refractivity contribution in [2.24, 2.45) is 5.92 Å². The molecule has 1 saturated carbocycles. The molecule has 23 heavy (non-hydrogen) atoms. The largest absolute Gasteiger partial charge is 0.480 e. The van der Waals surface area contributed by atoms with Crippen LogP contribution in [0.3, 0.4) is 0 Å². The van der Waals surface area contributed by atoms with E-state index in [0.29, 0.717) is 22.8 Å². The molecule has 0 aliphatic heterocycles. The number of carboxylic acid groups (broad SMARTS) is 1. The molecule has 1 amide bonds. The van der Waals surface area contributed by atoms with Crippen molar-refractivity contribution in [2.45, 2.75) is 39.7 Å². The van der Waals surface area contributed by atoms with Crippen molar-refractivity contribution in [1.82, 2.24) is 15.0 Å². The minimum atomic E-state index is -0.984. The number of aliphatic carboxylic acids is 1. The predicted molar refractivity (Wildman–Crippen MR) is 81.7 cm³/mol. The molecule has 2 heterocycles. The summed E-state index contributed by atoms with van der Waals surface area (Å²) in [7, 11) is 0. The van der Waals surface area contributed by atoms with E-state index in [1.807, 2.05) is 11.5 Å². The zero-order chi connectivity index (χ0) is 16.7. The molecule has 1 aliphatic rings. The van der Waals surface area contributed by atoms with E-state index in [1.165, 1.54) is 0 Å². The maximum atomic E-state index is 12.5. The van der Waals surface area contributed by atoms with Gasteiger partial charge in [0.2, 0.25) is 0 Å². The molecular weight excluding hydrogens is 298 g/mol. The number of rotatable bonds is 5. The van der Waals surface area contributed by atoms with Crippen molar-refractivity contribution in [3.63, 3.8) is 0 Å². The average molecular weight is 317 g/mol. The fourth-order valence-corrected chi connectivity index (χ4v) is 2.83. The summed E-state index contributed by atoms with van der Waals surface area (Å²) in [6.45, 7) is 5.47. The first-order valence-corrected chi connectivity index (χ1v) is 7.54. The second kappa shape index (κ2) is 5.57. The first-order valence-electron chi connectivity index (χ1n) is 7.54. The molecule has 0 bridgehead atoms. The SMILES string of the molecule is Cc1cc(-n2c(C)cc(C(=O)NC(C(=O)O)C3CC3)c2C)no1. The van der Waals surface area contributed by atoms with Crippen LogP contribution in [0.25, 0.3) is 5.82 Å². The van der Waals surface area contributed by atoms with Crippen LogP contribution in [0, 0.1) is 26.7 Å². The number of aromatic nitrogens is 2. The summed E-state index contributed by atoms with van der Waals surface area (Å²) in [5.41, 5.74) is 1.99. The summed E-state index contributed by atoms with van der Waals surface area (Å²) < 4.78 is 6.90. The van der Waals surface area contributed by atoms with Crippen LogP contribution in [0.15, 0.2) is 16.7 Å². The number of hydrogen-bond donors (Lipinski definition) is 2. The molecule has 7 heteroatoms. The molecular formula is C16H19N3O4. The van der Waals surface area contributed by atoms with Gasteiger partial charge in [0.25, 0.3) is 5.91 Å². The van der Waals surface area contributed by atoms with E-state index in [1.54, 1.807) is 26.0 Å². The van der Waals surface area contributed by atoms with Gasteiger partial charge in [-0.15, -0.1) is 0 Å². The summed E-state index contributed by atoms with van der Waals surface area (Å²) in [5.74, 6) is -0.0320. The highest BCUT2D eigenvalue weighted by molar-refractivity contribution is 5.98. The molecule has 0 spiro atoms. The fraction of sp³-hybridized carbons (Fsp3) is 0.438. The Morgan fingerprint density at radius 2 is 2.04 bits per heavy atom. The van der Waals surface area contributed by atoms with Crippen LogP contribution < -0.4 is 5.32 Å². The Morgan fingerprint density at radius 1 is 1.35 bits per heavy atom. The van der Waals surface area contributed by atoms with Gasteiger partial charge in [-0.1, -0.05) is 5.16 Å². The molecule has 7 nitrogen and oxygen atoms in total. The van der Waals surface area contributed by atoms with Gasteiger partial charge in [0, 0.05) is 17.5 Å². The lowest BCUT2D eigenvalue weighted by Crippen LogP contribution is -2.42. The van der Waals surface area contributed by atoms with Crippen molar-refractivity contribution >= 4 is 11.9 Å². The minimum Gasteiger partial charge on any atom is -0.480 e. The zero-order valence-electron chi connectivity index (χ0n) is 13.3. The Labute approximate surface area is 133 Å². The Bertz CT molecular complexity index is 770. The summed E-state index contributed by atoms with van der Waals surface area (Å²) in [5, 5.41) is 15.9. The number of carbonyl (C=O) groups is 2. The van der Waals surface area contributed by atoms with Crippen LogP contribution in [0.1, 0.15) is 40.3 Å². The first-order chi connectivity index (χ1) is 10.9. The van der Waals surface area contributed by atoms with Gasteiger partial charge in [-0.2, -0.15) is 0 Å². The van der Waals surface area contributed by atoms with Crippen molar-refractivity contribution in [2.75, 3.05) is 0 Å². The third-order valence-electron chi connectivity index (χ3n) is 4.17. The Kier molecular flexibility index (Phi) is 3.71. The second-order valence-corrected chi connectivity index (χ2v) is 6.04. The first kappa shape index (κ1) is 15.3. The normalized spacial score (nSPS) is 15.4. The molecule has 1 atom stereocenters. The number of carbonyl (C=O) groups excluding carboxylic acids is 1. The van der Waals surface area contributed by atoms with Crippen LogP contribution in [0.2, 0.25) is 0 Å². The molecule has 2 aromatic rings. The highest BCUT2D eigenvalue weighted by Gasteiger charge is 2.37. The third-order valence-corrected chi connectivity index (χ3v) is 4.17. The third kappa shape index (κ3) is 2.86. The van der Waals surface area contributed by atoms with E-state index >= 15 is 0 Å².